The molecule has 0 saturated heterocycles. The highest BCUT2D eigenvalue weighted by Crippen LogP contribution is 2.32. The zero-order valence-corrected chi connectivity index (χ0v) is 17.1. The van der Waals surface area contributed by atoms with Gasteiger partial charge in [-0.3, -0.25) is 4.79 Å². The highest BCUT2D eigenvalue weighted by atomic mass is 32.2. The molecule has 2 aromatic carbocycles. The number of carboxylic acids is 1. The van der Waals surface area contributed by atoms with Gasteiger partial charge in [0, 0.05) is 6.54 Å². The standard InChI is InChI=1S/C20H21N3O7S/c24-17-11-13(8-9-16(17)23-12-18(25)22-31(23,29)30)5-3-4-10-21-19(26)14-6-1-2-7-15(14)20(27)28/h1-2,6-9,11-12,22,24-25H,3-5,10H2,(H,21,26)(H,27,28). The molecule has 31 heavy (non-hydrogen) atoms. The molecule has 0 fully saturated rings. The normalized spacial score (nSPS) is 14.6. The van der Waals surface area contributed by atoms with Crippen LogP contribution in [0.2, 0.25) is 0 Å². The number of phenolic OH excluding ortho intramolecular Hbond substituents is 1. The zero-order chi connectivity index (χ0) is 22.6. The van der Waals surface area contributed by atoms with Crippen LogP contribution in [-0.4, -0.2) is 42.2 Å². The molecule has 0 radical (unpaired) electrons. The Balaban J connectivity index is 1.51. The first-order valence-electron chi connectivity index (χ1n) is 9.34. The van der Waals surface area contributed by atoms with E-state index in [1.165, 1.54) is 24.3 Å². The Labute approximate surface area is 178 Å². The van der Waals surface area contributed by atoms with Crippen molar-refractivity contribution in [1.82, 2.24) is 10.0 Å². The first-order chi connectivity index (χ1) is 14.7. The molecular weight excluding hydrogens is 426 g/mol. The van der Waals surface area contributed by atoms with Crippen molar-refractivity contribution >= 4 is 27.8 Å². The van der Waals surface area contributed by atoms with Gasteiger partial charge in [0.1, 0.15) is 11.4 Å². The van der Waals surface area contributed by atoms with Crippen molar-refractivity contribution in [3.8, 4) is 5.75 Å². The van der Waals surface area contributed by atoms with E-state index >= 15 is 0 Å². The number of anilines is 1. The van der Waals surface area contributed by atoms with E-state index in [9.17, 15) is 28.2 Å². The number of rotatable bonds is 8. The summed E-state index contributed by atoms with van der Waals surface area (Å²) in [6, 6.07) is 10.5. The van der Waals surface area contributed by atoms with Crippen LogP contribution in [0, 0.1) is 0 Å². The van der Waals surface area contributed by atoms with Crippen LogP contribution in [0.1, 0.15) is 39.1 Å². The predicted octanol–water partition coefficient (Wildman–Crippen LogP) is 1.85. The Hall–Kier alpha value is -3.73. The average molecular weight is 447 g/mol. The predicted molar refractivity (Wildman–Crippen MR) is 112 cm³/mol. The van der Waals surface area contributed by atoms with Crippen LogP contribution >= 0.6 is 0 Å². The second-order valence-electron chi connectivity index (χ2n) is 6.80. The largest absolute Gasteiger partial charge is 0.506 e. The quantitative estimate of drug-likeness (QED) is 0.387. The van der Waals surface area contributed by atoms with Crippen molar-refractivity contribution in [2.45, 2.75) is 19.3 Å². The van der Waals surface area contributed by atoms with Crippen LogP contribution in [0.4, 0.5) is 5.69 Å². The highest BCUT2D eigenvalue weighted by Gasteiger charge is 2.30. The summed E-state index contributed by atoms with van der Waals surface area (Å²) in [6.07, 6.45) is 2.81. The highest BCUT2D eigenvalue weighted by molar-refractivity contribution is 7.91. The number of unbranched alkanes of at least 4 members (excludes halogenated alkanes) is 1. The van der Waals surface area contributed by atoms with Crippen molar-refractivity contribution in [1.29, 1.82) is 0 Å². The molecule has 0 atom stereocenters. The lowest BCUT2D eigenvalue weighted by molar-refractivity contribution is 0.0691. The monoisotopic (exact) mass is 447 g/mol. The fourth-order valence-corrected chi connectivity index (χ4v) is 4.18. The van der Waals surface area contributed by atoms with E-state index in [4.69, 9.17) is 5.11 Å². The van der Waals surface area contributed by atoms with Gasteiger partial charge in [0.25, 0.3) is 5.91 Å². The van der Waals surface area contributed by atoms with Gasteiger partial charge < -0.3 is 20.6 Å². The number of carbonyl (C=O) groups excluding carboxylic acids is 1. The second kappa shape index (κ2) is 8.96. The smallest absolute Gasteiger partial charge is 0.336 e. The summed E-state index contributed by atoms with van der Waals surface area (Å²) in [6.45, 7) is 0.346. The third kappa shape index (κ3) is 5.07. The van der Waals surface area contributed by atoms with E-state index < -0.39 is 28.0 Å². The number of aliphatic hydroxyl groups excluding tert-OH is 1. The van der Waals surface area contributed by atoms with Crippen molar-refractivity contribution in [3.05, 3.63) is 71.2 Å². The molecule has 3 rings (SSSR count). The van der Waals surface area contributed by atoms with Gasteiger partial charge in [-0.1, -0.05) is 18.2 Å². The number of amides is 1. The van der Waals surface area contributed by atoms with Gasteiger partial charge in [-0.2, -0.15) is 8.42 Å². The molecule has 11 heteroatoms. The number of hydrogen-bond acceptors (Lipinski definition) is 6. The Bertz CT molecular complexity index is 1150. The first-order valence-corrected chi connectivity index (χ1v) is 10.8. The minimum atomic E-state index is -3.98. The van der Waals surface area contributed by atoms with E-state index in [0.717, 1.165) is 16.1 Å². The summed E-state index contributed by atoms with van der Waals surface area (Å²) in [5.74, 6) is -2.43. The number of hydrogen-bond donors (Lipinski definition) is 5. The second-order valence-corrected chi connectivity index (χ2v) is 8.35. The minimum Gasteiger partial charge on any atom is -0.506 e. The van der Waals surface area contributed by atoms with E-state index in [1.807, 2.05) is 4.72 Å². The number of aryl methyl sites for hydroxylation is 1. The van der Waals surface area contributed by atoms with Crippen molar-refractivity contribution in [2.75, 3.05) is 10.8 Å². The fraction of sp³-hybridized carbons (Fsp3) is 0.200. The molecule has 2 aromatic rings. The maximum atomic E-state index is 12.2. The minimum absolute atomic E-state index is 0.00431. The molecule has 5 N–H and O–H groups in total. The van der Waals surface area contributed by atoms with Gasteiger partial charge in [0.15, 0.2) is 0 Å². The summed E-state index contributed by atoms with van der Waals surface area (Å²) < 4.78 is 26.4. The third-order valence-electron chi connectivity index (χ3n) is 4.59. The summed E-state index contributed by atoms with van der Waals surface area (Å²) in [7, 11) is -3.98. The van der Waals surface area contributed by atoms with Crippen LogP contribution in [0.3, 0.4) is 0 Å². The number of phenols is 1. The molecule has 1 heterocycles. The summed E-state index contributed by atoms with van der Waals surface area (Å²) in [4.78, 5) is 23.4. The number of benzene rings is 2. The molecule has 1 aliphatic heterocycles. The molecule has 0 aliphatic carbocycles. The summed E-state index contributed by atoms with van der Waals surface area (Å²) in [5, 5.41) is 31.4. The number of carboxylic acid groups (broad SMARTS) is 1. The topological polar surface area (TPSA) is 156 Å². The number of nitrogens with one attached hydrogen (secondary N) is 2. The lowest BCUT2D eigenvalue weighted by atomic mass is 10.1. The molecule has 0 unspecified atom stereocenters. The molecule has 0 aromatic heterocycles. The van der Waals surface area contributed by atoms with Crippen LogP contribution in [0.15, 0.2) is 54.5 Å². The Morgan fingerprint density at radius 2 is 1.74 bits per heavy atom. The van der Waals surface area contributed by atoms with Crippen molar-refractivity contribution < 1.29 is 33.3 Å². The molecule has 0 bridgehead atoms. The van der Waals surface area contributed by atoms with E-state index in [1.54, 1.807) is 18.2 Å². The molecular formula is C20H21N3O7S. The first kappa shape index (κ1) is 22.0. The van der Waals surface area contributed by atoms with Crippen LogP contribution < -0.4 is 14.3 Å². The lowest BCUT2D eigenvalue weighted by Gasteiger charge is -2.16. The van der Waals surface area contributed by atoms with Crippen molar-refractivity contribution in [3.63, 3.8) is 0 Å². The summed E-state index contributed by atoms with van der Waals surface area (Å²) in [5.41, 5.74) is 0.808. The molecule has 164 valence electrons. The number of carbonyl (C=O) groups is 2. The maximum absolute atomic E-state index is 12.2. The fourth-order valence-electron chi connectivity index (χ4n) is 3.12. The van der Waals surface area contributed by atoms with Gasteiger partial charge in [0.05, 0.1) is 17.3 Å². The number of aliphatic hydroxyl groups is 1. The van der Waals surface area contributed by atoms with E-state index in [-0.39, 0.29) is 22.6 Å². The Kier molecular flexibility index (Phi) is 6.35. The van der Waals surface area contributed by atoms with Gasteiger partial charge in [-0.15, -0.1) is 0 Å². The van der Waals surface area contributed by atoms with Gasteiger partial charge >= 0.3 is 16.2 Å². The average Bonchev–Trinajstić information content (AvgIpc) is 2.99. The molecule has 1 aliphatic rings. The van der Waals surface area contributed by atoms with Crippen LogP contribution in [0.5, 0.6) is 5.75 Å². The Morgan fingerprint density at radius 3 is 2.35 bits per heavy atom. The van der Waals surface area contributed by atoms with Gasteiger partial charge in [-0.25, -0.2) is 13.8 Å². The van der Waals surface area contributed by atoms with Gasteiger partial charge in [0.2, 0.25) is 5.88 Å². The van der Waals surface area contributed by atoms with Crippen LogP contribution in [-0.2, 0) is 16.6 Å². The molecule has 0 spiro atoms. The third-order valence-corrected chi connectivity index (χ3v) is 5.88. The number of nitrogens with zero attached hydrogens (tertiary/aromatic N) is 1. The maximum Gasteiger partial charge on any atom is 0.336 e. The van der Waals surface area contributed by atoms with E-state index in [2.05, 4.69) is 5.32 Å². The number of aromatic carboxylic acids is 1. The lowest BCUT2D eigenvalue weighted by Crippen LogP contribution is -2.29. The zero-order valence-electron chi connectivity index (χ0n) is 16.3. The van der Waals surface area contributed by atoms with Crippen molar-refractivity contribution in [2.24, 2.45) is 0 Å². The molecule has 10 nitrogen and oxygen atoms in total. The van der Waals surface area contributed by atoms with E-state index in [0.29, 0.717) is 25.8 Å². The Morgan fingerprint density at radius 1 is 1.03 bits per heavy atom. The molecule has 1 amide bonds. The van der Waals surface area contributed by atoms with Crippen LogP contribution in [0.25, 0.3) is 0 Å². The molecule has 0 saturated carbocycles. The SMILES string of the molecule is O=C(O)c1ccccc1C(=O)NCCCCc1ccc(N2C=C(O)NS2(=O)=O)c(O)c1. The van der Waals surface area contributed by atoms with Gasteiger partial charge in [-0.05, 0) is 49.1 Å². The summed E-state index contributed by atoms with van der Waals surface area (Å²) >= 11 is 0. The number of aromatic hydroxyl groups is 1.